The van der Waals surface area contributed by atoms with E-state index in [0.29, 0.717) is 6.42 Å². The van der Waals surface area contributed by atoms with Gasteiger partial charge in [-0.15, -0.1) is 11.8 Å². The summed E-state index contributed by atoms with van der Waals surface area (Å²) in [4.78, 5) is 12.6. The second-order valence-corrected chi connectivity index (χ2v) is 5.48. The molecule has 12 heavy (non-hydrogen) atoms. The third kappa shape index (κ3) is 1.25. The number of allylic oxidation sites excluding steroid dienone is 2. The molecule has 0 aromatic heterocycles. The zero-order valence-corrected chi connectivity index (χ0v) is 8.80. The highest BCUT2D eigenvalue weighted by molar-refractivity contribution is 9.10. The van der Waals surface area contributed by atoms with Gasteiger partial charge in [0.15, 0.2) is 0 Å². The fourth-order valence-corrected chi connectivity index (χ4v) is 3.18. The van der Waals surface area contributed by atoms with E-state index in [2.05, 4.69) is 15.9 Å². The molecule has 0 spiro atoms. The van der Waals surface area contributed by atoms with E-state index in [1.54, 1.807) is 11.8 Å². The monoisotopic (exact) mass is 250 g/mol. The summed E-state index contributed by atoms with van der Waals surface area (Å²) in [7, 11) is 0. The molecular formula is C8H8BrFOS. The molecule has 0 radical (unpaired) electrons. The van der Waals surface area contributed by atoms with E-state index in [1.165, 1.54) is 0 Å². The Balaban J connectivity index is 2.35. The van der Waals surface area contributed by atoms with Gasteiger partial charge in [0.05, 0.1) is 0 Å². The van der Waals surface area contributed by atoms with Crippen LogP contribution in [-0.2, 0) is 4.79 Å². The number of carbonyl (C=O) groups excluding carboxylic acids is 1. The number of carbonyl (C=O) groups is 1. The van der Waals surface area contributed by atoms with Gasteiger partial charge in [0.1, 0.15) is 0 Å². The molecule has 0 aromatic carbocycles. The molecule has 0 N–H and O–H groups in total. The van der Waals surface area contributed by atoms with Crippen LogP contribution in [0.2, 0.25) is 0 Å². The standard InChI is InChI=1S/C8H8BrFOS/c9-8(10)3-1-6-5(7(8)11)2-4-12-6/h1-4H2. The lowest BCUT2D eigenvalue weighted by molar-refractivity contribution is -0.122. The van der Waals surface area contributed by atoms with Gasteiger partial charge in [0.2, 0.25) is 10.4 Å². The van der Waals surface area contributed by atoms with Crippen molar-refractivity contribution in [1.29, 1.82) is 0 Å². The predicted octanol–water partition coefficient (Wildman–Crippen LogP) is 2.80. The van der Waals surface area contributed by atoms with Gasteiger partial charge in [-0.05, 0) is 33.7 Å². The third-order valence-corrected chi connectivity index (χ3v) is 4.20. The van der Waals surface area contributed by atoms with E-state index in [4.69, 9.17) is 0 Å². The Morgan fingerprint density at radius 2 is 2.25 bits per heavy atom. The van der Waals surface area contributed by atoms with Crippen molar-refractivity contribution in [2.45, 2.75) is 23.8 Å². The second kappa shape index (κ2) is 2.84. The summed E-state index contributed by atoms with van der Waals surface area (Å²) in [6.45, 7) is 0. The van der Waals surface area contributed by atoms with Gasteiger partial charge in [-0.1, -0.05) is 0 Å². The summed E-state index contributed by atoms with van der Waals surface area (Å²) >= 11 is 4.54. The fourth-order valence-electron chi connectivity index (χ4n) is 1.57. The molecule has 0 bridgehead atoms. The molecule has 66 valence electrons. The Bertz CT molecular complexity index is 272. The average Bonchev–Trinajstić information content (AvgIpc) is 2.45. The Morgan fingerprint density at radius 3 is 3.00 bits per heavy atom. The maximum absolute atomic E-state index is 13.4. The molecule has 0 saturated carbocycles. The van der Waals surface area contributed by atoms with Crippen molar-refractivity contribution in [2.24, 2.45) is 0 Å². The number of ketones is 1. The van der Waals surface area contributed by atoms with Gasteiger partial charge >= 0.3 is 0 Å². The normalized spacial score (nSPS) is 35.7. The van der Waals surface area contributed by atoms with Crippen molar-refractivity contribution in [3.8, 4) is 0 Å². The molecule has 0 aromatic rings. The minimum atomic E-state index is -1.77. The second-order valence-electron chi connectivity index (χ2n) is 3.03. The van der Waals surface area contributed by atoms with Crippen molar-refractivity contribution in [2.75, 3.05) is 5.75 Å². The number of hydrogen-bond donors (Lipinski definition) is 0. The van der Waals surface area contributed by atoms with Crippen molar-refractivity contribution in [1.82, 2.24) is 0 Å². The smallest absolute Gasteiger partial charge is 0.227 e. The van der Waals surface area contributed by atoms with Crippen LogP contribution in [-0.4, -0.2) is 16.1 Å². The molecule has 1 unspecified atom stereocenters. The maximum Gasteiger partial charge on any atom is 0.227 e. The number of rotatable bonds is 0. The molecule has 0 amide bonds. The van der Waals surface area contributed by atoms with E-state index in [0.717, 1.165) is 22.7 Å². The lowest BCUT2D eigenvalue weighted by atomic mass is 9.94. The number of thioether (sulfide) groups is 1. The van der Waals surface area contributed by atoms with Crippen LogP contribution < -0.4 is 0 Å². The Labute approximate surface area is 82.9 Å². The highest BCUT2D eigenvalue weighted by atomic mass is 79.9. The molecule has 1 nitrogen and oxygen atoms in total. The van der Waals surface area contributed by atoms with E-state index >= 15 is 0 Å². The molecule has 0 saturated heterocycles. The van der Waals surface area contributed by atoms with Crippen molar-refractivity contribution >= 4 is 33.5 Å². The molecule has 1 atom stereocenters. The van der Waals surface area contributed by atoms with Crippen LogP contribution in [0.15, 0.2) is 10.5 Å². The van der Waals surface area contributed by atoms with Crippen LogP contribution in [0.4, 0.5) is 4.39 Å². The number of alkyl halides is 2. The summed E-state index contributed by atoms with van der Waals surface area (Å²) in [5.41, 5.74) is 0.727. The minimum absolute atomic E-state index is 0.289. The summed E-state index contributed by atoms with van der Waals surface area (Å²) in [5, 5.41) is 0. The molecule has 1 heterocycles. The number of halogens is 2. The highest BCUT2D eigenvalue weighted by Crippen LogP contribution is 2.45. The van der Waals surface area contributed by atoms with E-state index in [-0.39, 0.29) is 12.2 Å². The van der Waals surface area contributed by atoms with Crippen LogP contribution in [0.5, 0.6) is 0 Å². The van der Waals surface area contributed by atoms with Gasteiger partial charge < -0.3 is 0 Å². The van der Waals surface area contributed by atoms with Gasteiger partial charge in [-0.25, -0.2) is 4.39 Å². The molecule has 4 heteroatoms. The van der Waals surface area contributed by atoms with Gasteiger partial charge in [-0.2, -0.15) is 0 Å². The van der Waals surface area contributed by atoms with Crippen LogP contribution in [0.25, 0.3) is 0 Å². The average molecular weight is 251 g/mol. The lowest BCUT2D eigenvalue weighted by Gasteiger charge is -2.22. The minimum Gasteiger partial charge on any atom is -0.290 e. The van der Waals surface area contributed by atoms with Gasteiger partial charge in [0, 0.05) is 17.7 Å². The maximum atomic E-state index is 13.4. The number of Topliss-reactive ketones (excluding diaryl/α,β-unsaturated/α-hetero) is 1. The molecular weight excluding hydrogens is 243 g/mol. The zero-order chi connectivity index (χ0) is 8.77. The Hall–Kier alpha value is 0.170. The first-order valence-electron chi connectivity index (χ1n) is 3.89. The Kier molecular flexibility index (Phi) is 2.07. The SMILES string of the molecule is O=C1C2=C(CCC1(F)Br)SCC2. The largest absolute Gasteiger partial charge is 0.290 e. The van der Waals surface area contributed by atoms with Crippen molar-refractivity contribution < 1.29 is 9.18 Å². The summed E-state index contributed by atoms with van der Waals surface area (Å²) in [6.07, 6.45) is 1.75. The molecule has 2 rings (SSSR count). The Morgan fingerprint density at radius 1 is 1.50 bits per heavy atom. The van der Waals surface area contributed by atoms with Gasteiger partial charge in [-0.3, -0.25) is 4.79 Å². The van der Waals surface area contributed by atoms with Crippen molar-refractivity contribution in [3.63, 3.8) is 0 Å². The summed E-state index contributed by atoms with van der Waals surface area (Å²) in [5.74, 6) is 0.605. The van der Waals surface area contributed by atoms with E-state index in [9.17, 15) is 9.18 Å². The predicted molar refractivity (Wildman–Crippen MR) is 51.1 cm³/mol. The van der Waals surface area contributed by atoms with Crippen LogP contribution >= 0.6 is 27.7 Å². The van der Waals surface area contributed by atoms with E-state index in [1.807, 2.05) is 0 Å². The van der Waals surface area contributed by atoms with E-state index < -0.39 is 4.58 Å². The highest BCUT2D eigenvalue weighted by Gasteiger charge is 2.43. The third-order valence-electron chi connectivity index (χ3n) is 2.24. The number of hydrogen-bond acceptors (Lipinski definition) is 2. The van der Waals surface area contributed by atoms with Gasteiger partial charge in [0.25, 0.3) is 0 Å². The first-order chi connectivity index (χ1) is 5.61. The molecule has 1 aliphatic heterocycles. The van der Waals surface area contributed by atoms with Crippen LogP contribution in [0, 0.1) is 0 Å². The first kappa shape index (κ1) is 8.75. The topological polar surface area (TPSA) is 17.1 Å². The molecule has 2 aliphatic rings. The van der Waals surface area contributed by atoms with Crippen LogP contribution in [0.3, 0.4) is 0 Å². The quantitative estimate of drug-likeness (QED) is 0.616. The molecule has 0 fully saturated rings. The van der Waals surface area contributed by atoms with Crippen molar-refractivity contribution in [3.05, 3.63) is 10.5 Å². The lowest BCUT2D eigenvalue weighted by Crippen LogP contribution is -2.31. The summed E-state index contributed by atoms with van der Waals surface area (Å²) in [6, 6.07) is 0. The fraction of sp³-hybridized carbons (Fsp3) is 0.625. The first-order valence-corrected chi connectivity index (χ1v) is 5.66. The zero-order valence-electron chi connectivity index (χ0n) is 6.40. The summed E-state index contributed by atoms with van der Waals surface area (Å²) < 4.78 is 11.7. The van der Waals surface area contributed by atoms with Crippen LogP contribution in [0.1, 0.15) is 19.3 Å². The molecule has 1 aliphatic carbocycles.